The van der Waals surface area contributed by atoms with Gasteiger partial charge < -0.3 is 5.11 Å². The summed E-state index contributed by atoms with van der Waals surface area (Å²) in [5, 5.41) is 8.43. The van der Waals surface area contributed by atoms with Crippen molar-refractivity contribution in [3.63, 3.8) is 0 Å². The molecule has 0 bridgehead atoms. The molecule has 0 aliphatic carbocycles. The van der Waals surface area contributed by atoms with Gasteiger partial charge in [-0.25, -0.2) is 13.6 Å². The molecule has 0 fully saturated rings. The summed E-state index contributed by atoms with van der Waals surface area (Å²) in [6.07, 6.45) is -13.0. The van der Waals surface area contributed by atoms with Gasteiger partial charge in [0.15, 0.2) is 0 Å². The molecule has 0 unspecified atom stereocenters. The van der Waals surface area contributed by atoms with Crippen LogP contribution in [0.1, 0.15) is 19.8 Å². The highest BCUT2D eigenvalue weighted by molar-refractivity contribution is 5.86. The average molecular weight is 282 g/mol. The van der Waals surface area contributed by atoms with Crippen LogP contribution in [0, 0.1) is 0 Å². The molecule has 0 spiro atoms. The zero-order valence-corrected chi connectivity index (χ0v) is 8.99. The van der Waals surface area contributed by atoms with Gasteiger partial charge in [-0.2, -0.15) is 22.0 Å². The number of hydrogen-bond acceptors (Lipinski definition) is 1. The van der Waals surface area contributed by atoms with E-state index in [1.165, 1.54) is 0 Å². The van der Waals surface area contributed by atoms with E-state index in [1.54, 1.807) is 0 Å². The minimum atomic E-state index is -4.95. The van der Waals surface area contributed by atoms with Crippen LogP contribution in [0.25, 0.3) is 0 Å². The number of hydrogen-bond donors (Lipinski definition) is 1. The van der Waals surface area contributed by atoms with Gasteiger partial charge in [0, 0.05) is 12.0 Å². The number of carbonyl (C=O) groups is 1. The van der Waals surface area contributed by atoms with Gasteiger partial charge in [0.2, 0.25) is 0 Å². The molecule has 9 heteroatoms. The number of rotatable bonds is 5. The highest BCUT2D eigenvalue weighted by Crippen LogP contribution is 2.36. The fraction of sp³-hybridized carbons (Fsp3) is 0.667. The van der Waals surface area contributed by atoms with Gasteiger partial charge in [0.05, 0.1) is 6.42 Å². The van der Waals surface area contributed by atoms with E-state index in [-0.39, 0.29) is 0 Å². The summed E-state index contributed by atoms with van der Waals surface area (Å²) >= 11 is 0. The number of halogens is 7. The normalized spacial score (nSPS) is 14.7. The zero-order valence-electron chi connectivity index (χ0n) is 8.99. The molecule has 0 aliphatic rings. The Morgan fingerprint density at radius 1 is 1.11 bits per heavy atom. The third kappa shape index (κ3) is 5.37. The molecule has 18 heavy (non-hydrogen) atoms. The predicted octanol–water partition coefficient (Wildman–Crippen LogP) is 3.63. The van der Waals surface area contributed by atoms with Crippen LogP contribution in [-0.2, 0) is 4.79 Å². The first-order chi connectivity index (χ1) is 7.87. The van der Waals surface area contributed by atoms with E-state index in [9.17, 15) is 35.5 Å². The first-order valence-electron chi connectivity index (χ1n) is 4.51. The maximum Gasteiger partial charge on any atom is 0.392 e. The maximum absolute atomic E-state index is 12.7. The molecule has 0 heterocycles. The van der Waals surface area contributed by atoms with E-state index in [0.29, 0.717) is 6.92 Å². The Bertz CT molecular complexity index is 343. The zero-order chi connectivity index (χ0) is 14.7. The van der Waals surface area contributed by atoms with Crippen molar-refractivity contribution >= 4 is 5.97 Å². The van der Waals surface area contributed by atoms with Crippen molar-refractivity contribution in [3.05, 3.63) is 11.1 Å². The highest BCUT2D eigenvalue weighted by atomic mass is 19.4. The highest BCUT2D eigenvalue weighted by Gasteiger charge is 2.44. The third-order valence-corrected chi connectivity index (χ3v) is 2.03. The van der Waals surface area contributed by atoms with Crippen molar-refractivity contribution in [1.82, 2.24) is 0 Å². The average Bonchev–Trinajstić information content (AvgIpc) is 2.12. The van der Waals surface area contributed by atoms with Crippen molar-refractivity contribution in [2.45, 2.75) is 38.3 Å². The molecule has 1 N–H and O–H groups in total. The molecular weight excluding hydrogens is 273 g/mol. The van der Waals surface area contributed by atoms with Crippen LogP contribution >= 0.6 is 0 Å². The van der Waals surface area contributed by atoms with E-state index in [1.807, 2.05) is 0 Å². The van der Waals surface area contributed by atoms with Crippen molar-refractivity contribution in [2.75, 3.05) is 0 Å². The molecule has 0 aromatic carbocycles. The van der Waals surface area contributed by atoms with Crippen LogP contribution in [0.3, 0.4) is 0 Å². The van der Waals surface area contributed by atoms with Crippen LogP contribution in [0.4, 0.5) is 30.7 Å². The van der Waals surface area contributed by atoms with Crippen molar-refractivity contribution in [1.29, 1.82) is 0 Å². The predicted molar refractivity (Wildman–Crippen MR) is 46.6 cm³/mol. The number of aliphatic carboxylic acids is 1. The molecule has 2 nitrogen and oxygen atoms in total. The third-order valence-electron chi connectivity index (χ3n) is 2.03. The van der Waals surface area contributed by atoms with Crippen molar-refractivity contribution in [3.8, 4) is 0 Å². The smallest absolute Gasteiger partial charge is 0.392 e. The van der Waals surface area contributed by atoms with Gasteiger partial charge >= 0.3 is 24.5 Å². The first kappa shape index (κ1) is 16.7. The first-order valence-corrected chi connectivity index (χ1v) is 4.51. The number of carboxylic acids is 1. The van der Waals surface area contributed by atoms with Gasteiger partial charge in [-0.15, -0.1) is 0 Å². The largest absolute Gasteiger partial charge is 0.478 e. The molecule has 106 valence electrons. The molecule has 0 aromatic rings. The molecule has 0 rings (SSSR count). The molecule has 0 atom stereocenters. The summed E-state index contributed by atoms with van der Waals surface area (Å²) in [6.45, 7) is 0.658. The lowest BCUT2D eigenvalue weighted by atomic mass is 9.99. The number of carboxylic acid groups (broad SMARTS) is 1. The molecule has 0 aromatic heterocycles. The van der Waals surface area contributed by atoms with Gasteiger partial charge in [0.1, 0.15) is 0 Å². The van der Waals surface area contributed by atoms with Crippen LogP contribution in [-0.4, -0.2) is 29.6 Å². The quantitative estimate of drug-likeness (QED) is 0.617. The Morgan fingerprint density at radius 2 is 1.56 bits per heavy atom. The fourth-order valence-electron chi connectivity index (χ4n) is 1.08. The SMILES string of the molecule is CC(C(=O)O)=C(CC(F)(F)F)CC(F)(F)C(F)F. The molecule has 0 aliphatic heterocycles. The topological polar surface area (TPSA) is 37.3 Å². The standard InChI is InChI=1S/C9H9F7O2/c1-4(6(17)18)5(3-9(14,15)16)2-8(12,13)7(10)11/h7H,2-3H2,1H3,(H,17,18). The molecular formula is C9H9F7O2. The van der Waals surface area contributed by atoms with Crippen LogP contribution in [0.15, 0.2) is 11.1 Å². The fourth-order valence-corrected chi connectivity index (χ4v) is 1.08. The minimum absolute atomic E-state index is 0.658. The van der Waals surface area contributed by atoms with Crippen LogP contribution in [0.5, 0.6) is 0 Å². The Morgan fingerprint density at radius 3 is 1.83 bits per heavy atom. The molecule has 0 radical (unpaired) electrons. The van der Waals surface area contributed by atoms with Gasteiger partial charge in [-0.1, -0.05) is 0 Å². The number of allylic oxidation sites excluding steroid dienone is 1. The van der Waals surface area contributed by atoms with E-state index < -0.39 is 48.5 Å². The van der Waals surface area contributed by atoms with Crippen LogP contribution < -0.4 is 0 Å². The van der Waals surface area contributed by atoms with Gasteiger partial charge in [0.25, 0.3) is 0 Å². The van der Waals surface area contributed by atoms with Gasteiger partial charge in [-0.05, 0) is 12.5 Å². The molecule has 0 saturated heterocycles. The lowest BCUT2D eigenvalue weighted by Crippen LogP contribution is -2.28. The van der Waals surface area contributed by atoms with E-state index in [0.717, 1.165) is 0 Å². The summed E-state index contributed by atoms with van der Waals surface area (Å²) in [4.78, 5) is 10.4. The van der Waals surface area contributed by atoms with Crippen molar-refractivity contribution < 1.29 is 40.6 Å². The lowest BCUT2D eigenvalue weighted by molar-refractivity contribution is -0.142. The Kier molecular flexibility index (Phi) is 5.18. The monoisotopic (exact) mass is 282 g/mol. The van der Waals surface area contributed by atoms with E-state index in [2.05, 4.69) is 0 Å². The summed E-state index contributed by atoms with van der Waals surface area (Å²) in [6, 6.07) is 0. The summed E-state index contributed by atoms with van der Waals surface area (Å²) in [5.41, 5.74) is -2.27. The summed E-state index contributed by atoms with van der Waals surface area (Å²) < 4.78 is 85.2. The Balaban J connectivity index is 5.27. The van der Waals surface area contributed by atoms with Crippen molar-refractivity contribution in [2.24, 2.45) is 0 Å². The second kappa shape index (κ2) is 5.57. The number of alkyl halides is 7. The summed E-state index contributed by atoms with van der Waals surface area (Å²) in [5.74, 6) is -6.56. The minimum Gasteiger partial charge on any atom is -0.478 e. The van der Waals surface area contributed by atoms with Crippen LogP contribution in [0.2, 0.25) is 0 Å². The second-order valence-corrected chi connectivity index (χ2v) is 3.56. The van der Waals surface area contributed by atoms with E-state index in [4.69, 9.17) is 5.11 Å². The Hall–Kier alpha value is -1.28. The Labute approximate surface area is 97.1 Å². The second-order valence-electron chi connectivity index (χ2n) is 3.56. The lowest BCUT2D eigenvalue weighted by Gasteiger charge is -2.19. The molecule has 0 amide bonds. The summed E-state index contributed by atoms with van der Waals surface area (Å²) in [7, 11) is 0. The van der Waals surface area contributed by atoms with E-state index >= 15 is 0 Å². The maximum atomic E-state index is 12.7. The molecule has 0 saturated carbocycles. The van der Waals surface area contributed by atoms with Gasteiger partial charge in [-0.3, -0.25) is 0 Å².